The fourth-order valence-corrected chi connectivity index (χ4v) is 0.610. The molecule has 0 aromatic rings. The van der Waals surface area contributed by atoms with Crippen LogP contribution in [0.5, 0.6) is 0 Å². The first-order chi connectivity index (χ1) is 5.26. The molecule has 0 aliphatic carbocycles. The van der Waals surface area contributed by atoms with E-state index >= 15 is 0 Å². The fourth-order valence-electron chi connectivity index (χ4n) is 0.610. The van der Waals surface area contributed by atoms with Crippen molar-refractivity contribution in [2.75, 3.05) is 6.54 Å². The minimum atomic E-state index is 0.132. The van der Waals surface area contributed by atoms with Crippen LogP contribution in [0.25, 0.3) is 0 Å². The average Bonchev–Trinajstić information content (AvgIpc) is 2.10. The highest BCUT2D eigenvalue weighted by molar-refractivity contribution is 5.76. The van der Waals surface area contributed by atoms with Gasteiger partial charge in [0.1, 0.15) is 0 Å². The van der Waals surface area contributed by atoms with E-state index in [1.807, 2.05) is 27.7 Å². The van der Waals surface area contributed by atoms with Crippen LogP contribution in [0.15, 0.2) is 12.8 Å². The Kier molecular flexibility index (Phi) is 10.8. The van der Waals surface area contributed by atoms with Crippen LogP contribution < -0.4 is 0 Å². The summed E-state index contributed by atoms with van der Waals surface area (Å²) < 4.78 is 0. The van der Waals surface area contributed by atoms with Gasteiger partial charge in [-0.25, -0.2) is 0 Å². The second kappa shape index (κ2) is 9.21. The Hall–Kier alpha value is -0.790. The van der Waals surface area contributed by atoms with Gasteiger partial charge in [0.15, 0.2) is 0 Å². The normalized spacial score (nSPS) is 7.64. The topological polar surface area (TPSA) is 20.3 Å². The van der Waals surface area contributed by atoms with Crippen LogP contribution in [0.1, 0.15) is 34.1 Å². The van der Waals surface area contributed by atoms with Crippen molar-refractivity contribution in [3.63, 3.8) is 0 Å². The maximum absolute atomic E-state index is 10.8. The summed E-state index contributed by atoms with van der Waals surface area (Å²) >= 11 is 0. The van der Waals surface area contributed by atoms with Gasteiger partial charge in [-0.1, -0.05) is 27.4 Å². The summed E-state index contributed by atoms with van der Waals surface area (Å²) in [5.74, 6) is 0.132. The lowest BCUT2D eigenvalue weighted by atomic mass is 10.4. The van der Waals surface area contributed by atoms with Gasteiger partial charge in [0.2, 0.25) is 5.91 Å². The number of amides is 1. The third kappa shape index (κ3) is 5.64. The molecule has 11 heavy (non-hydrogen) atoms. The molecule has 2 heteroatoms. The summed E-state index contributed by atoms with van der Waals surface area (Å²) in [4.78, 5) is 12.4. The number of hydrogen-bond donors (Lipinski definition) is 0. The second-order valence-electron chi connectivity index (χ2n) is 1.72. The van der Waals surface area contributed by atoms with Crippen LogP contribution in [0.2, 0.25) is 0 Å². The van der Waals surface area contributed by atoms with Crippen molar-refractivity contribution in [1.29, 1.82) is 0 Å². The van der Waals surface area contributed by atoms with Crippen LogP contribution in [0, 0.1) is 0 Å². The Balaban J connectivity index is 0. The summed E-state index contributed by atoms with van der Waals surface area (Å²) in [5, 5.41) is 0. The molecule has 0 aromatic heterocycles. The standard InChI is InChI=1S/C7H13NO.C2H6/c1-4-7(9)8(5-2)6-3;1-2/h5H,2,4,6H2,1,3H3;1-2H3. The van der Waals surface area contributed by atoms with Crippen molar-refractivity contribution >= 4 is 5.91 Å². The smallest absolute Gasteiger partial charge is 0.226 e. The van der Waals surface area contributed by atoms with E-state index in [2.05, 4.69) is 6.58 Å². The summed E-state index contributed by atoms with van der Waals surface area (Å²) in [6, 6.07) is 0. The van der Waals surface area contributed by atoms with E-state index in [1.165, 1.54) is 0 Å². The summed E-state index contributed by atoms with van der Waals surface area (Å²) in [5.41, 5.74) is 0. The molecule has 0 rings (SSSR count). The van der Waals surface area contributed by atoms with E-state index in [4.69, 9.17) is 0 Å². The monoisotopic (exact) mass is 157 g/mol. The van der Waals surface area contributed by atoms with Gasteiger partial charge in [0, 0.05) is 13.0 Å². The number of rotatable bonds is 3. The minimum absolute atomic E-state index is 0.132. The fraction of sp³-hybridized carbons (Fsp3) is 0.667. The third-order valence-electron chi connectivity index (χ3n) is 1.18. The van der Waals surface area contributed by atoms with Crippen LogP contribution >= 0.6 is 0 Å². The second-order valence-corrected chi connectivity index (χ2v) is 1.72. The molecule has 0 N–H and O–H groups in total. The quantitative estimate of drug-likeness (QED) is 0.616. The molecule has 0 aliphatic heterocycles. The van der Waals surface area contributed by atoms with Gasteiger partial charge >= 0.3 is 0 Å². The predicted octanol–water partition coefficient (Wildman–Crippen LogP) is 2.41. The first-order valence-electron chi connectivity index (χ1n) is 4.18. The zero-order chi connectivity index (χ0) is 9.28. The first kappa shape index (κ1) is 12.8. The Morgan fingerprint density at radius 1 is 1.45 bits per heavy atom. The maximum Gasteiger partial charge on any atom is 0.226 e. The van der Waals surface area contributed by atoms with Gasteiger partial charge < -0.3 is 4.90 Å². The summed E-state index contributed by atoms with van der Waals surface area (Å²) in [6.07, 6.45) is 2.12. The molecule has 66 valence electrons. The Morgan fingerprint density at radius 2 is 1.91 bits per heavy atom. The van der Waals surface area contributed by atoms with E-state index in [0.29, 0.717) is 6.42 Å². The van der Waals surface area contributed by atoms with Gasteiger partial charge in [-0.05, 0) is 13.1 Å². The molecule has 0 saturated carbocycles. The lowest BCUT2D eigenvalue weighted by molar-refractivity contribution is -0.128. The molecule has 0 unspecified atom stereocenters. The molecule has 0 aromatic carbocycles. The lowest BCUT2D eigenvalue weighted by Gasteiger charge is -2.13. The molecule has 0 heterocycles. The molecular formula is C9H19NO. The Labute approximate surface area is 69.9 Å². The molecule has 2 nitrogen and oxygen atoms in total. The van der Waals surface area contributed by atoms with Crippen LogP contribution in [0.3, 0.4) is 0 Å². The molecular weight excluding hydrogens is 138 g/mol. The van der Waals surface area contributed by atoms with Crippen molar-refractivity contribution in [1.82, 2.24) is 4.90 Å². The highest BCUT2D eigenvalue weighted by Gasteiger charge is 2.02. The summed E-state index contributed by atoms with van der Waals surface area (Å²) in [6.45, 7) is 12.0. The van der Waals surface area contributed by atoms with Crippen molar-refractivity contribution in [2.24, 2.45) is 0 Å². The Morgan fingerprint density at radius 3 is 2.00 bits per heavy atom. The van der Waals surface area contributed by atoms with Crippen molar-refractivity contribution in [3.05, 3.63) is 12.8 Å². The van der Waals surface area contributed by atoms with Gasteiger partial charge in [-0.2, -0.15) is 0 Å². The van der Waals surface area contributed by atoms with Gasteiger partial charge in [0.05, 0.1) is 0 Å². The van der Waals surface area contributed by atoms with E-state index in [1.54, 1.807) is 11.1 Å². The number of hydrogen-bond acceptors (Lipinski definition) is 1. The van der Waals surface area contributed by atoms with Crippen LogP contribution in [0.4, 0.5) is 0 Å². The molecule has 0 aliphatic rings. The number of nitrogens with zero attached hydrogens (tertiary/aromatic N) is 1. The zero-order valence-electron chi connectivity index (χ0n) is 8.05. The molecule has 0 fully saturated rings. The Bertz CT molecular complexity index is 110. The molecule has 0 saturated heterocycles. The molecule has 0 radical (unpaired) electrons. The van der Waals surface area contributed by atoms with Gasteiger partial charge in [0.25, 0.3) is 0 Å². The largest absolute Gasteiger partial charge is 0.320 e. The number of carbonyl (C=O) groups excluding carboxylic acids is 1. The zero-order valence-corrected chi connectivity index (χ0v) is 8.05. The third-order valence-corrected chi connectivity index (χ3v) is 1.18. The van der Waals surface area contributed by atoms with E-state index in [0.717, 1.165) is 6.54 Å². The van der Waals surface area contributed by atoms with Crippen LogP contribution in [-0.4, -0.2) is 17.4 Å². The molecule has 0 bridgehead atoms. The first-order valence-corrected chi connectivity index (χ1v) is 4.18. The lowest BCUT2D eigenvalue weighted by Crippen LogP contribution is -2.23. The number of carbonyl (C=O) groups is 1. The SMILES string of the molecule is C=CN(CC)C(=O)CC.CC. The van der Waals surface area contributed by atoms with Crippen molar-refractivity contribution in [2.45, 2.75) is 34.1 Å². The molecule has 0 atom stereocenters. The maximum atomic E-state index is 10.8. The molecule has 0 spiro atoms. The predicted molar refractivity (Wildman–Crippen MR) is 49.2 cm³/mol. The van der Waals surface area contributed by atoms with Crippen molar-refractivity contribution < 1.29 is 4.79 Å². The van der Waals surface area contributed by atoms with E-state index in [9.17, 15) is 4.79 Å². The van der Waals surface area contributed by atoms with Gasteiger partial charge in [-0.15, -0.1) is 0 Å². The highest BCUT2D eigenvalue weighted by atomic mass is 16.2. The van der Waals surface area contributed by atoms with E-state index < -0.39 is 0 Å². The van der Waals surface area contributed by atoms with Gasteiger partial charge in [-0.3, -0.25) is 4.79 Å². The van der Waals surface area contributed by atoms with Crippen LogP contribution in [-0.2, 0) is 4.79 Å². The average molecular weight is 157 g/mol. The van der Waals surface area contributed by atoms with Crippen molar-refractivity contribution in [3.8, 4) is 0 Å². The molecule has 1 amide bonds. The van der Waals surface area contributed by atoms with E-state index in [-0.39, 0.29) is 5.91 Å². The minimum Gasteiger partial charge on any atom is -0.320 e. The summed E-state index contributed by atoms with van der Waals surface area (Å²) in [7, 11) is 0. The highest BCUT2D eigenvalue weighted by Crippen LogP contribution is 1.91.